The van der Waals surface area contributed by atoms with Crippen LogP contribution in [0.25, 0.3) is 0 Å². The molecule has 0 radical (unpaired) electrons. The van der Waals surface area contributed by atoms with Gasteiger partial charge in [-0.3, -0.25) is 5.32 Å². The third-order valence-electron chi connectivity index (χ3n) is 3.99. The average Bonchev–Trinajstić information content (AvgIpc) is 2.55. The fourth-order valence-electron chi connectivity index (χ4n) is 3.07. The van der Waals surface area contributed by atoms with Gasteiger partial charge in [0.25, 0.3) is 0 Å². The highest BCUT2D eigenvalue weighted by atomic mass is 16.5. The molecule has 3 rings (SSSR count). The maximum atomic E-state index is 12.8. The van der Waals surface area contributed by atoms with E-state index in [1.54, 1.807) is 0 Å². The fourth-order valence-corrected chi connectivity index (χ4v) is 3.07. The van der Waals surface area contributed by atoms with Crippen LogP contribution in [0.4, 0.5) is 0 Å². The second-order valence-electron chi connectivity index (χ2n) is 5.17. The largest absolute Gasteiger partial charge is 0.464 e. The number of rotatable bonds is 3. The summed E-state index contributed by atoms with van der Waals surface area (Å²) in [4.78, 5) is 12.8. The predicted octanol–water partition coefficient (Wildman–Crippen LogP) is 2.64. The number of fused-ring (bicyclic) bond motifs is 1. The zero-order valence-electron chi connectivity index (χ0n) is 12.1. The number of nitrogens with one attached hydrogen (secondary N) is 1. The minimum absolute atomic E-state index is 0.233. The Labute approximate surface area is 124 Å². The number of carbonyl (C=O) groups excluding carboxylic acids is 1. The molecular weight excluding hydrogens is 262 g/mol. The standard InChI is InChI=1S/C18H19NO2/c1-2-21-17(20)18(15-9-4-3-5-10-15)16-11-7-6-8-14(16)12-13-19-18/h3-11,19H,2,12-13H2,1H3. The number of hydrogen-bond acceptors (Lipinski definition) is 3. The molecule has 0 spiro atoms. The van der Waals surface area contributed by atoms with E-state index in [2.05, 4.69) is 11.4 Å². The van der Waals surface area contributed by atoms with Crippen LogP contribution in [0.1, 0.15) is 23.6 Å². The lowest BCUT2D eigenvalue weighted by atomic mass is 9.77. The Bertz CT molecular complexity index is 639. The van der Waals surface area contributed by atoms with Crippen molar-refractivity contribution in [3.05, 3.63) is 71.3 Å². The first-order chi connectivity index (χ1) is 10.3. The lowest BCUT2D eigenvalue weighted by Gasteiger charge is -2.38. The summed E-state index contributed by atoms with van der Waals surface area (Å²) in [5.41, 5.74) is 2.23. The Kier molecular flexibility index (Phi) is 3.76. The monoisotopic (exact) mass is 281 g/mol. The molecule has 1 aliphatic heterocycles. The van der Waals surface area contributed by atoms with Crippen LogP contribution in [-0.2, 0) is 21.5 Å². The zero-order chi connectivity index (χ0) is 14.7. The lowest BCUT2D eigenvalue weighted by molar-refractivity contribution is -0.150. The molecule has 0 saturated heterocycles. The molecule has 1 unspecified atom stereocenters. The van der Waals surface area contributed by atoms with E-state index >= 15 is 0 Å². The molecule has 21 heavy (non-hydrogen) atoms. The minimum atomic E-state index is -0.897. The van der Waals surface area contributed by atoms with E-state index in [1.807, 2.05) is 55.5 Å². The summed E-state index contributed by atoms with van der Waals surface area (Å²) in [5, 5.41) is 3.42. The van der Waals surface area contributed by atoms with Crippen LogP contribution >= 0.6 is 0 Å². The molecule has 2 aromatic carbocycles. The second-order valence-corrected chi connectivity index (χ2v) is 5.17. The summed E-state index contributed by atoms with van der Waals surface area (Å²) in [6.07, 6.45) is 0.921. The lowest BCUT2D eigenvalue weighted by Crippen LogP contribution is -2.54. The van der Waals surface area contributed by atoms with Crippen molar-refractivity contribution >= 4 is 5.97 Å². The van der Waals surface area contributed by atoms with Crippen LogP contribution < -0.4 is 5.32 Å². The summed E-state index contributed by atoms with van der Waals surface area (Å²) >= 11 is 0. The molecule has 0 aromatic heterocycles. The van der Waals surface area contributed by atoms with Crippen molar-refractivity contribution in [2.24, 2.45) is 0 Å². The topological polar surface area (TPSA) is 38.3 Å². The van der Waals surface area contributed by atoms with Crippen molar-refractivity contribution in [3.63, 3.8) is 0 Å². The van der Waals surface area contributed by atoms with Gasteiger partial charge in [0.1, 0.15) is 0 Å². The molecule has 1 N–H and O–H groups in total. The van der Waals surface area contributed by atoms with Gasteiger partial charge in [0, 0.05) is 6.54 Å². The van der Waals surface area contributed by atoms with E-state index < -0.39 is 5.54 Å². The van der Waals surface area contributed by atoms with Crippen LogP contribution in [-0.4, -0.2) is 19.1 Å². The molecule has 1 atom stereocenters. The molecule has 0 amide bonds. The summed E-state index contributed by atoms with van der Waals surface area (Å²) < 4.78 is 5.39. The first kappa shape index (κ1) is 13.8. The molecule has 0 bridgehead atoms. The fraction of sp³-hybridized carbons (Fsp3) is 0.278. The highest BCUT2D eigenvalue weighted by molar-refractivity contribution is 5.88. The first-order valence-corrected chi connectivity index (χ1v) is 7.35. The van der Waals surface area contributed by atoms with Crippen molar-refractivity contribution in [2.45, 2.75) is 18.9 Å². The third kappa shape index (κ3) is 2.24. The van der Waals surface area contributed by atoms with Gasteiger partial charge in [-0.25, -0.2) is 4.79 Å². The van der Waals surface area contributed by atoms with Crippen LogP contribution in [0.5, 0.6) is 0 Å². The molecule has 108 valence electrons. The van der Waals surface area contributed by atoms with Crippen molar-refractivity contribution in [1.82, 2.24) is 5.32 Å². The average molecular weight is 281 g/mol. The van der Waals surface area contributed by atoms with Gasteiger partial charge in [0.05, 0.1) is 6.61 Å². The van der Waals surface area contributed by atoms with Gasteiger partial charge < -0.3 is 4.74 Å². The van der Waals surface area contributed by atoms with E-state index in [4.69, 9.17) is 4.74 Å². The Morgan fingerprint density at radius 1 is 1.14 bits per heavy atom. The predicted molar refractivity (Wildman–Crippen MR) is 82.0 cm³/mol. The van der Waals surface area contributed by atoms with E-state index in [-0.39, 0.29) is 5.97 Å². The maximum Gasteiger partial charge on any atom is 0.335 e. The van der Waals surface area contributed by atoms with Crippen LogP contribution in [0, 0.1) is 0 Å². The maximum absolute atomic E-state index is 12.8. The van der Waals surface area contributed by atoms with Gasteiger partial charge in [-0.1, -0.05) is 54.6 Å². The SMILES string of the molecule is CCOC(=O)C1(c2ccccc2)NCCc2ccccc21. The number of benzene rings is 2. The normalized spacial score (nSPS) is 20.6. The molecule has 0 saturated carbocycles. The molecule has 1 heterocycles. The van der Waals surface area contributed by atoms with E-state index in [0.29, 0.717) is 6.61 Å². The number of carbonyl (C=O) groups is 1. The molecule has 3 heteroatoms. The first-order valence-electron chi connectivity index (χ1n) is 7.35. The van der Waals surface area contributed by atoms with Crippen LogP contribution in [0.2, 0.25) is 0 Å². The Morgan fingerprint density at radius 3 is 2.62 bits per heavy atom. The molecule has 3 nitrogen and oxygen atoms in total. The Morgan fingerprint density at radius 2 is 1.86 bits per heavy atom. The van der Waals surface area contributed by atoms with Crippen molar-refractivity contribution < 1.29 is 9.53 Å². The molecule has 0 fully saturated rings. The minimum Gasteiger partial charge on any atom is -0.464 e. The molecule has 0 aliphatic carbocycles. The Hall–Kier alpha value is -2.13. The van der Waals surface area contributed by atoms with Crippen molar-refractivity contribution in [2.75, 3.05) is 13.2 Å². The zero-order valence-corrected chi connectivity index (χ0v) is 12.1. The van der Waals surface area contributed by atoms with Crippen molar-refractivity contribution in [3.8, 4) is 0 Å². The highest BCUT2D eigenvalue weighted by Crippen LogP contribution is 2.36. The van der Waals surface area contributed by atoms with Crippen LogP contribution in [0.3, 0.4) is 0 Å². The van der Waals surface area contributed by atoms with Crippen molar-refractivity contribution in [1.29, 1.82) is 0 Å². The summed E-state index contributed by atoms with van der Waals surface area (Å²) in [7, 11) is 0. The van der Waals surface area contributed by atoms with Gasteiger partial charge in [-0.2, -0.15) is 0 Å². The van der Waals surface area contributed by atoms with E-state index in [9.17, 15) is 4.79 Å². The summed E-state index contributed by atoms with van der Waals surface area (Å²) in [6.45, 7) is 2.97. The third-order valence-corrected chi connectivity index (χ3v) is 3.99. The highest BCUT2D eigenvalue weighted by Gasteiger charge is 2.46. The number of esters is 1. The number of ether oxygens (including phenoxy) is 1. The van der Waals surface area contributed by atoms with Crippen LogP contribution in [0.15, 0.2) is 54.6 Å². The van der Waals surface area contributed by atoms with Gasteiger partial charge in [-0.15, -0.1) is 0 Å². The summed E-state index contributed by atoms with van der Waals surface area (Å²) in [6, 6.07) is 17.9. The van der Waals surface area contributed by atoms with Gasteiger partial charge in [0.2, 0.25) is 0 Å². The van der Waals surface area contributed by atoms with Gasteiger partial charge in [-0.05, 0) is 30.0 Å². The molecule has 2 aromatic rings. The quantitative estimate of drug-likeness (QED) is 0.879. The number of hydrogen-bond donors (Lipinski definition) is 1. The van der Waals surface area contributed by atoms with E-state index in [0.717, 1.165) is 24.1 Å². The Balaban J connectivity index is 2.22. The second kappa shape index (κ2) is 5.70. The molecular formula is C18H19NO2. The molecule has 1 aliphatic rings. The van der Waals surface area contributed by atoms with E-state index in [1.165, 1.54) is 5.56 Å². The smallest absolute Gasteiger partial charge is 0.335 e. The van der Waals surface area contributed by atoms with Gasteiger partial charge >= 0.3 is 5.97 Å². The van der Waals surface area contributed by atoms with Gasteiger partial charge in [0.15, 0.2) is 5.54 Å². The summed E-state index contributed by atoms with van der Waals surface area (Å²) in [5.74, 6) is -0.233.